The van der Waals surface area contributed by atoms with Gasteiger partial charge in [0.25, 0.3) is 0 Å². The number of hydrogen-bond acceptors (Lipinski definition) is 6. The van der Waals surface area contributed by atoms with Gasteiger partial charge in [-0.25, -0.2) is 4.39 Å². The Morgan fingerprint density at radius 1 is 1.15 bits per heavy atom. The lowest BCUT2D eigenvalue weighted by atomic mass is 10.1. The van der Waals surface area contributed by atoms with E-state index in [1.165, 1.54) is 22.4 Å². The Balaban J connectivity index is 1.15. The van der Waals surface area contributed by atoms with Crippen molar-refractivity contribution in [1.29, 1.82) is 0 Å². The van der Waals surface area contributed by atoms with E-state index in [0.717, 1.165) is 53.1 Å². The van der Waals surface area contributed by atoms with Crippen LogP contribution in [0, 0.1) is 5.82 Å². The van der Waals surface area contributed by atoms with Crippen LogP contribution in [0.2, 0.25) is 5.02 Å². The van der Waals surface area contributed by atoms with Crippen molar-refractivity contribution in [3.63, 3.8) is 0 Å². The van der Waals surface area contributed by atoms with Crippen LogP contribution in [0.15, 0.2) is 65.7 Å². The molecule has 6 nitrogen and oxygen atoms in total. The van der Waals surface area contributed by atoms with Crippen LogP contribution < -0.4 is 9.64 Å². The fraction of sp³-hybridized carbons (Fsp3) is 0.312. The fourth-order valence-electron chi connectivity index (χ4n) is 5.47. The number of carbonyl (C=O) groups is 1. The molecule has 0 aliphatic carbocycles. The van der Waals surface area contributed by atoms with Gasteiger partial charge in [0, 0.05) is 53.1 Å². The molecule has 1 atom stereocenters. The highest BCUT2D eigenvalue weighted by molar-refractivity contribution is 7.23. The van der Waals surface area contributed by atoms with Crippen molar-refractivity contribution in [3.8, 4) is 5.75 Å². The van der Waals surface area contributed by atoms with E-state index in [0.29, 0.717) is 29.9 Å². The Bertz CT molecular complexity index is 1620. The van der Waals surface area contributed by atoms with E-state index in [2.05, 4.69) is 47.1 Å². The van der Waals surface area contributed by atoms with Gasteiger partial charge in [0.15, 0.2) is 0 Å². The van der Waals surface area contributed by atoms with E-state index in [-0.39, 0.29) is 18.3 Å². The van der Waals surface area contributed by atoms with Gasteiger partial charge in [-0.1, -0.05) is 35.9 Å². The molecule has 9 heteroatoms. The minimum Gasteiger partial charge on any atom is -0.487 e. The molecule has 0 unspecified atom stereocenters. The number of benzene rings is 3. The second kappa shape index (κ2) is 11.8. The Hall–Kier alpha value is -3.46. The quantitative estimate of drug-likeness (QED) is 0.224. The molecule has 0 saturated carbocycles. The number of aliphatic imine (C=N–C) groups is 1. The maximum absolute atomic E-state index is 13.5. The van der Waals surface area contributed by atoms with Crippen LogP contribution in [0.4, 0.5) is 15.1 Å². The average Bonchev–Trinajstić information content (AvgIpc) is 3.61. The highest BCUT2D eigenvalue weighted by atomic mass is 35.5. The van der Waals surface area contributed by atoms with Gasteiger partial charge >= 0.3 is 0 Å². The van der Waals surface area contributed by atoms with E-state index in [4.69, 9.17) is 16.3 Å². The summed E-state index contributed by atoms with van der Waals surface area (Å²) in [5, 5.41) is 2.75. The van der Waals surface area contributed by atoms with Crippen molar-refractivity contribution < 1.29 is 13.9 Å². The van der Waals surface area contributed by atoms with Crippen LogP contribution in [0.25, 0.3) is 10.1 Å². The van der Waals surface area contributed by atoms with Crippen LogP contribution in [0.1, 0.15) is 29.5 Å². The van der Waals surface area contributed by atoms with Gasteiger partial charge in [0.1, 0.15) is 29.8 Å². The minimum absolute atomic E-state index is 0.230. The summed E-state index contributed by atoms with van der Waals surface area (Å²) in [6.45, 7) is 2.39. The number of anilines is 2. The highest BCUT2D eigenvalue weighted by Crippen LogP contribution is 2.43. The van der Waals surface area contributed by atoms with Gasteiger partial charge in [0.05, 0.1) is 5.02 Å². The summed E-state index contributed by atoms with van der Waals surface area (Å²) in [6.07, 6.45) is 4.24. The van der Waals surface area contributed by atoms with Gasteiger partial charge in [-0.15, -0.1) is 11.3 Å². The topological polar surface area (TPSA) is 48.4 Å². The number of carbonyl (C=O) groups excluding carboxylic acids is 1. The third-order valence-electron chi connectivity index (χ3n) is 7.85. The summed E-state index contributed by atoms with van der Waals surface area (Å²) >= 11 is 8.33. The Morgan fingerprint density at radius 2 is 2.02 bits per heavy atom. The molecule has 212 valence electrons. The number of likely N-dealkylation sites (N-methyl/N-ethyl adjacent to an activating group) is 1. The van der Waals surface area contributed by atoms with E-state index in [1.54, 1.807) is 17.4 Å². The first kappa shape index (κ1) is 27.7. The average molecular weight is 591 g/mol. The maximum Gasteiger partial charge on any atom is 0.222 e. The summed E-state index contributed by atoms with van der Waals surface area (Å²) in [5.41, 5.74) is 3.92. The molecule has 0 radical (unpaired) electrons. The van der Waals surface area contributed by atoms with Gasteiger partial charge in [-0.2, -0.15) is 0 Å². The van der Waals surface area contributed by atoms with Crippen molar-refractivity contribution in [3.05, 3.63) is 88.2 Å². The zero-order chi connectivity index (χ0) is 28.5. The van der Waals surface area contributed by atoms with Crippen molar-refractivity contribution in [1.82, 2.24) is 9.80 Å². The summed E-state index contributed by atoms with van der Waals surface area (Å²) in [7, 11) is 4.16. The molecule has 0 bridgehead atoms. The number of halogens is 2. The molecule has 41 heavy (non-hydrogen) atoms. The SMILES string of the molecule is CN(C)[C@H]1CCN(C(=O)CCc2ccc3c4c(sc3c2)N(c2ccc(OCc3cccc(F)c3)c(Cl)c2)CN=C4)C1. The first-order chi connectivity index (χ1) is 19.9. The minimum atomic E-state index is -0.293. The molecular weight excluding hydrogens is 559 g/mol. The third-order valence-corrected chi connectivity index (χ3v) is 9.33. The number of ether oxygens (including phenoxy) is 1. The van der Waals surface area contributed by atoms with Crippen molar-refractivity contribution in [2.24, 2.45) is 4.99 Å². The number of fused-ring (bicyclic) bond motifs is 3. The first-order valence-electron chi connectivity index (χ1n) is 13.8. The van der Waals surface area contributed by atoms with Gasteiger partial charge in [-0.05, 0) is 74.5 Å². The molecule has 3 aromatic carbocycles. The van der Waals surface area contributed by atoms with E-state index in [9.17, 15) is 9.18 Å². The standard InChI is InChI=1S/C32H32ClFN4O2S/c1-36(2)25-12-13-37(18-25)31(39)11-7-21-6-9-26-27-17-35-20-38(32(27)41-30(26)15-21)24-8-10-29(28(33)16-24)40-19-22-4-3-5-23(34)14-22/h3-6,8-10,14-17,25H,7,11-13,18-20H2,1-2H3/t25-/m0/s1. The molecule has 0 spiro atoms. The second-order valence-corrected chi connectivity index (χ2v) is 12.2. The summed E-state index contributed by atoms with van der Waals surface area (Å²) in [6, 6.07) is 19.0. The van der Waals surface area contributed by atoms with Gasteiger partial charge in [0.2, 0.25) is 5.91 Å². The third kappa shape index (κ3) is 5.96. The van der Waals surface area contributed by atoms with Gasteiger partial charge in [-0.3, -0.25) is 9.79 Å². The number of hydrogen-bond donors (Lipinski definition) is 0. The summed E-state index contributed by atoms with van der Waals surface area (Å²) in [5.74, 6) is 0.485. The Labute approximate surface area is 248 Å². The van der Waals surface area contributed by atoms with Crippen molar-refractivity contribution in [2.75, 3.05) is 38.8 Å². The van der Waals surface area contributed by atoms with Crippen LogP contribution in [0.3, 0.4) is 0 Å². The Kier molecular flexibility index (Phi) is 7.97. The molecule has 1 amide bonds. The van der Waals surface area contributed by atoms with E-state index in [1.807, 2.05) is 35.4 Å². The second-order valence-electron chi connectivity index (χ2n) is 10.8. The zero-order valence-electron chi connectivity index (χ0n) is 23.1. The van der Waals surface area contributed by atoms with Crippen molar-refractivity contribution in [2.45, 2.75) is 31.9 Å². The number of nitrogens with zero attached hydrogens (tertiary/aromatic N) is 4. The number of likely N-dealkylation sites (tertiary alicyclic amines) is 1. The zero-order valence-corrected chi connectivity index (χ0v) is 24.7. The van der Waals surface area contributed by atoms with Crippen LogP contribution in [-0.4, -0.2) is 61.8 Å². The van der Waals surface area contributed by atoms with Crippen molar-refractivity contribution >= 4 is 55.8 Å². The van der Waals surface area contributed by atoms with Gasteiger partial charge < -0.3 is 19.4 Å². The lowest BCUT2D eigenvalue weighted by Gasteiger charge is -2.25. The normalized spacial score (nSPS) is 16.6. The lowest BCUT2D eigenvalue weighted by Crippen LogP contribution is -2.34. The molecule has 0 N–H and O–H groups in total. The summed E-state index contributed by atoms with van der Waals surface area (Å²) in [4.78, 5) is 23.8. The van der Waals surface area contributed by atoms with Crippen LogP contribution in [0.5, 0.6) is 5.75 Å². The molecule has 1 aromatic heterocycles. The van der Waals surface area contributed by atoms with Crippen LogP contribution >= 0.6 is 22.9 Å². The largest absolute Gasteiger partial charge is 0.487 e. The number of rotatable bonds is 8. The number of amides is 1. The highest BCUT2D eigenvalue weighted by Gasteiger charge is 2.27. The Morgan fingerprint density at radius 3 is 2.80 bits per heavy atom. The molecule has 1 saturated heterocycles. The predicted molar refractivity (Wildman–Crippen MR) is 166 cm³/mol. The molecule has 3 heterocycles. The first-order valence-corrected chi connectivity index (χ1v) is 15.0. The molecule has 6 rings (SSSR count). The predicted octanol–water partition coefficient (Wildman–Crippen LogP) is 6.90. The maximum atomic E-state index is 13.5. The lowest BCUT2D eigenvalue weighted by molar-refractivity contribution is -0.130. The fourth-order valence-corrected chi connectivity index (χ4v) is 6.95. The summed E-state index contributed by atoms with van der Waals surface area (Å²) < 4.78 is 20.5. The molecule has 2 aliphatic heterocycles. The molecule has 1 fully saturated rings. The smallest absolute Gasteiger partial charge is 0.222 e. The number of thiophene rings is 1. The molecule has 2 aliphatic rings. The molecule has 4 aromatic rings. The molecular formula is C32H32ClFN4O2S. The monoisotopic (exact) mass is 590 g/mol. The van der Waals surface area contributed by atoms with E-state index >= 15 is 0 Å². The number of aryl methyl sites for hydroxylation is 1. The van der Waals surface area contributed by atoms with Crippen LogP contribution in [-0.2, 0) is 17.8 Å². The van der Waals surface area contributed by atoms with E-state index < -0.39 is 0 Å².